The summed E-state index contributed by atoms with van der Waals surface area (Å²) in [7, 11) is -0.613. The predicted octanol–water partition coefficient (Wildman–Crippen LogP) is 6.69. The molecule has 4 aromatic rings. The normalized spacial score (nSPS) is 12.2. The average Bonchev–Trinajstić information content (AvgIpc) is 2.89. The molecule has 1 unspecified atom stereocenters. The van der Waals surface area contributed by atoms with Crippen molar-refractivity contribution in [1.82, 2.24) is 0 Å². The fraction of sp³-hybridized carbons (Fsp3) is 0.200. The molecule has 0 bridgehead atoms. The fourth-order valence-electron chi connectivity index (χ4n) is 4.15. The van der Waals surface area contributed by atoms with Crippen LogP contribution < -0.4 is 21.2 Å². The van der Waals surface area contributed by atoms with Gasteiger partial charge in [-0.2, -0.15) is 0 Å². The predicted molar refractivity (Wildman–Crippen MR) is 145 cm³/mol. The molecule has 4 rings (SSSR count). The first kappa shape index (κ1) is 24.5. The van der Waals surface area contributed by atoms with Gasteiger partial charge in [-0.15, -0.1) is 0 Å². The number of hydrogen-bond acceptors (Lipinski definition) is 0. The first-order valence-electron chi connectivity index (χ1n) is 11.7. The molecular weight excluding hydrogens is 523 g/mol. The van der Waals surface area contributed by atoms with Gasteiger partial charge in [0.15, 0.2) is 0 Å². The van der Waals surface area contributed by atoms with E-state index in [1.165, 1.54) is 53.1 Å². The Morgan fingerprint density at radius 2 is 0.879 bits per heavy atom. The van der Waals surface area contributed by atoms with Gasteiger partial charge in [-0.1, -0.05) is 0 Å². The monoisotopic (exact) mass is 555 g/mol. The first-order valence-corrected chi connectivity index (χ1v) is 15.7. The molecule has 0 N–H and O–H groups in total. The van der Waals surface area contributed by atoms with Crippen LogP contribution in [0.4, 0.5) is 0 Å². The third-order valence-electron chi connectivity index (χ3n) is 5.80. The SMILES string of the molecule is [Ru][CH](CCCCCP(c1ccccc1)c1ccccc1)P(c1ccccc1)c1ccccc1. The molecule has 0 aliphatic carbocycles. The van der Waals surface area contributed by atoms with Crippen LogP contribution in [0.5, 0.6) is 0 Å². The molecule has 0 aliphatic heterocycles. The van der Waals surface area contributed by atoms with Crippen LogP contribution in [-0.2, 0) is 18.3 Å². The Kier molecular flexibility index (Phi) is 9.87. The number of hydrogen-bond donors (Lipinski definition) is 0. The van der Waals surface area contributed by atoms with Crippen molar-refractivity contribution in [3.63, 3.8) is 0 Å². The summed E-state index contributed by atoms with van der Waals surface area (Å²) in [6.07, 6.45) is 6.43. The summed E-state index contributed by atoms with van der Waals surface area (Å²) in [4.78, 5) is 0. The minimum atomic E-state index is -0.345. The maximum absolute atomic E-state index is 3.08. The zero-order chi connectivity index (χ0) is 22.7. The van der Waals surface area contributed by atoms with E-state index in [0.717, 1.165) is 0 Å². The van der Waals surface area contributed by atoms with Gasteiger partial charge in [0.1, 0.15) is 0 Å². The van der Waals surface area contributed by atoms with Crippen LogP contribution in [-0.4, -0.2) is 10.4 Å². The second kappa shape index (κ2) is 13.3. The molecule has 0 aliphatic rings. The van der Waals surface area contributed by atoms with Crippen LogP contribution in [0.1, 0.15) is 25.7 Å². The van der Waals surface area contributed by atoms with Gasteiger partial charge in [-0.3, -0.25) is 0 Å². The zero-order valence-electron chi connectivity index (χ0n) is 18.9. The van der Waals surface area contributed by atoms with Crippen molar-refractivity contribution >= 4 is 37.1 Å². The van der Waals surface area contributed by atoms with Gasteiger partial charge in [-0.05, 0) is 0 Å². The summed E-state index contributed by atoms with van der Waals surface area (Å²) in [6, 6.07) is 44.4. The summed E-state index contributed by atoms with van der Waals surface area (Å²) < 4.78 is 0.619. The van der Waals surface area contributed by atoms with Crippen LogP contribution in [0.2, 0.25) is 0 Å². The van der Waals surface area contributed by atoms with Crippen molar-refractivity contribution in [3.8, 4) is 0 Å². The maximum atomic E-state index is 3.08. The zero-order valence-corrected chi connectivity index (χ0v) is 22.4. The van der Waals surface area contributed by atoms with Gasteiger partial charge >= 0.3 is 213 Å². The van der Waals surface area contributed by atoms with E-state index in [4.69, 9.17) is 0 Å². The van der Waals surface area contributed by atoms with Crippen molar-refractivity contribution in [2.24, 2.45) is 0 Å². The fourth-order valence-corrected chi connectivity index (χ4v) is 10.8. The van der Waals surface area contributed by atoms with E-state index >= 15 is 0 Å². The van der Waals surface area contributed by atoms with Crippen LogP contribution in [0.15, 0.2) is 121 Å². The minimum absolute atomic E-state index is 0.268. The van der Waals surface area contributed by atoms with E-state index in [9.17, 15) is 0 Å². The Balaban J connectivity index is 1.35. The van der Waals surface area contributed by atoms with Crippen molar-refractivity contribution in [1.29, 1.82) is 0 Å². The van der Waals surface area contributed by atoms with Crippen LogP contribution in [0.25, 0.3) is 0 Å². The summed E-state index contributed by atoms with van der Waals surface area (Å²) >= 11 is 3.08. The molecule has 0 amide bonds. The van der Waals surface area contributed by atoms with Crippen molar-refractivity contribution in [3.05, 3.63) is 121 Å². The van der Waals surface area contributed by atoms with Crippen LogP contribution in [0.3, 0.4) is 0 Å². The number of rotatable bonds is 11. The quantitative estimate of drug-likeness (QED) is 0.110. The molecule has 3 heteroatoms. The Bertz CT molecular complexity index is 976. The van der Waals surface area contributed by atoms with E-state index in [1.54, 1.807) is 0 Å². The topological polar surface area (TPSA) is 0 Å². The van der Waals surface area contributed by atoms with Gasteiger partial charge in [-0.25, -0.2) is 0 Å². The van der Waals surface area contributed by atoms with Crippen LogP contribution in [0, 0.1) is 0 Å². The molecule has 0 aromatic heterocycles. The Labute approximate surface area is 212 Å². The molecule has 33 heavy (non-hydrogen) atoms. The first-order chi connectivity index (χ1) is 16.3. The molecule has 169 valence electrons. The molecule has 0 nitrogen and oxygen atoms in total. The number of benzene rings is 4. The van der Waals surface area contributed by atoms with Crippen LogP contribution >= 0.6 is 15.8 Å². The Morgan fingerprint density at radius 1 is 0.485 bits per heavy atom. The second-order valence-corrected chi connectivity index (χ2v) is 14.8. The van der Waals surface area contributed by atoms with Gasteiger partial charge in [0.2, 0.25) is 0 Å². The summed E-state index contributed by atoms with van der Waals surface area (Å²) in [5.74, 6) is 0. The molecule has 0 spiro atoms. The molecule has 4 aromatic carbocycles. The Hall–Kier alpha value is -1.64. The molecular formula is C30H31P2Ru. The molecule has 0 saturated heterocycles. The second-order valence-electron chi connectivity index (χ2n) is 8.13. The summed E-state index contributed by atoms with van der Waals surface area (Å²) in [6.45, 7) is 0. The molecule has 0 heterocycles. The summed E-state index contributed by atoms with van der Waals surface area (Å²) in [5.41, 5.74) is 0. The third kappa shape index (κ3) is 7.17. The standard InChI is InChI=1S/C30H31P2.Ru/c1(15-25-31(27-17-7-3-8-18-27)28-19-9-4-10-20-28)2-16-26-32(29-21-11-5-12-22-29)30-23-13-6-14-24-30;/h3-14,17-25H,1-2,15-16,26H2;. The van der Waals surface area contributed by atoms with Gasteiger partial charge in [0.25, 0.3) is 0 Å². The molecule has 0 radical (unpaired) electrons. The van der Waals surface area contributed by atoms with Crippen molar-refractivity contribution in [2.75, 3.05) is 6.16 Å². The van der Waals surface area contributed by atoms with Crippen molar-refractivity contribution < 1.29 is 18.3 Å². The van der Waals surface area contributed by atoms with Gasteiger partial charge in [0.05, 0.1) is 0 Å². The average molecular weight is 555 g/mol. The molecule has 1 atom stereocenters. The van der Waals surface area contributed by atoms with E-state index in [-0.39, 0.29) is 15.8 Å². The van der Waals surface area contributed by atoms with Crippen molar-refractivity contribution in [2.45, 2.75) is 29.9 Å². The van der Waals surface area contributed by atoms with E-state index in [2.05, 4.69) is 140 Å². The molecule has 0 fully saturated rings. The van der Waals surface area contributed by atoms with Gasteiger partial charge in [0, 0.05) is 0 Å². The number of unbranched alkanes of at least 4 members (excludes halogenated alkanes) is 2. The van der Waals surface area contributed by atoms with Gasteiger partial charge < -0.3 is 0 Å². The van der Waals surface area contributed by atoms with E-state index in [1.807, 2.05) is 0 Å². The Morgan fingerprint density at radius 3 is 1.30 bits per heavy atom. The third-order valence-corrected chi connectivity index (χ3v) is 12.8. The summed E-state index contributed by atoms with van der Waals surface area (Å²) in [5, 5.41) is 5.97. The molecule has 0 saturated carbocycles. The van der Waals surface area contributed by atoms with E-state index in [0.29, 0.717) is 4.25 Å². The van der Waals surface area contributed by atoms with E-state index < -0.39 is 0 Å².